The van der Waals surface area contributed by atoms with Gasteiger partial charge in [-0.15, -0.1) is 0 Å². The van der Waals surface area contributed by atoms with E-state index in [2.05, 4.69) is 15.3 Å². The van der Waals surface area contributed by atoms with Crippen molar-refractivity contribution in [3.05, 3.63) is 18.5 Å². The molecule has 2 amide bonds. The van der Waals surface area contributed by atoms with Gasteiger partial charge in [-0.05, 0) is 51.1 Å². The van der Waals surface area contributed by atoms with E-state index in [0.717, 1.165) is 64.7 Å². The zero-order valence-corrected chi connectivity index (χ0v) is 15.3. The van der Waals surface area contributed by atoms with Gasteiger partial charge in [0.15, 0.2) is 0 Å². The van der Waals surface area contributed by atoms with Gasteiger partial charge in [-0.3, -0.25) is 19.2 Å². The summed E-state index contributed by atoms with van der Waals surface area (Å²) in [5.74, 6) is 0.542. The zero-order chi connectivity index (χ0) is 17.9. The predicted octanol–water partition coefficient (Wildman–Crippen LogP) is 0.865. The molecular weight excluding hydrogens is 330 g/mol. The zero-order valence-electron chi connectivity index (χ0n) is 15.3. The van der Waals surface area contributed by atoms with E-state index in [4.69, 9.17) is 0 Å². The Bertz CT molecular complexity index is 620. The molecule has 1 N–H and O–H groups in total. The van der Waals surface area contributed by atoms with Crippen molar-refractivity contribution in [2.75, 3.05) is 26.2 Å². The number of rotatable bonds is 5. The van der Waals surface area contributed by atoms with Crippen LogP contribution in [0.15, 0.2) is 18.5 Å². The highest BCUT2D eigenvalue weighted by Crippen LogP contribution is 2.26. The molecule has 2 aliphatic heterocycles. The van der Waals surface area contributed by atoms with E-state index in [-0.39, 0.29) is 17.7 Å². The molecule has 26 heavy (non-hydrogen) atoms. The highest BCUT2D eigenvalue weighted by molar-refractivity contribution is 5.79. The minimum Gasteiger partial charge on any atom is -0.353 e. The highest BCUT2D eigenvalue weighted by Gasteiger charge is 2.34. The Morgan fingerprint density at radius 1 is 1.08 bits per heavy atom. The average molecular weight is 359 g/mol. The topological polar surface area (TPSA) is 70.5 Å². The van der Waals surface area contributed by atoms with Gasteiger partial charge in [-0.2, -0.15) is 5.10 Å². The lowest BCUT2D eigenvalue weighted by Crippen LogP contribution is -2.52. The van der Waals surface area contributed by atoms with Crippen molar-refractivity contribution in [1.82, 2.24) is 24.9 Å². The second-order valence-corrected chi connectivity index (χ2v) is 7.93. The monoisotopic (exact) mass is 359 g/mol. The molecule has 1 aromatic rings. The van der Waals surface area contributed by atoms with E-state index in [1.54, 1.807) is 10.9 Å². The lowest BCUT2D eigenvalue weighted by molar-refractivity contribution is -0.133. The first-order chi connectivity index (χ1) is 12.7. The number of amides is 2. The molecule has 7 heteroatoms. The normalized spacial score (nSPS) is 25.2. The third kappa shape index (κ3) is 4.26. The summed E-state index contributed by atoms with van der Waals surface area (Å²) in [4.78, 5) is 29.2. The summed E-state index contributed by atoms with van der Waals surface area (Å²) in [6.45, 7) is 3.90. The van der Waals surface area contributed by atoms with Gasteiger partial charge in [0.1, 0.15) is 6.54 Å². The maximum absolute atomic E-state index is 12.4. The maximum atomic E-state index is 12.4. The summed E-state index contributed by atoms with van der Waals surface area (Å²) >= 11 is 0. The first kappa shape index (κ1) is 17.5. The fourth-order valence-electron chi connectivity index (χ4n) is 4.21. The molecule has 7 nitrogen and oxygen atoms in total. The fraction of sp³-hybridized carbons (Fsp3) is 0.737. The molecule has 0 radical (unpaired) electrons. The van der Waals surface area contributed by atoms with Gasteiger partial charge in [0.25, 0.3) is 0 Å². The molecular formula is C19H29N5O2. The maximum Gasteiger partial charge on any atom is 0.244 e. The van der Waals surface area contributed by atoms with Crippen molar-refractivity contribution < 1.29 is 9.59 Å². The van der Waals surface area contributed by atoms with Crippen molar-refractivity contribution in [1.29, 1.82) is 0 Å². The number of carbonyl (C=O) groups is 2. The number of piperidine rings is 2. The van der Waals surface area contributed by atoms with Crippen molar-refractivity contribution in [2.24, 2.45) is 5.92 Å². The Labute approximate surface area is 154 Å². The fourth-order valence-corrected chi connectivity index (χ4v) is 4.21. The Morgan fingerprint density at radius 3 is 2.58 bits per heavy atom. The van der Waals surface area contributed by atoms with Crippen molar-refractivity contribution in [2.45, 2.75) is 57.2 Å². The van der Waals surface area contributed by atoms with Gasteiger partial charge < -0.3 is 10.2 Å². The quantitative estimate of drug-likeness (QED) is 0.847. The second kappa shape index (κ2) is 7.78. The lowest BCUT2D eigenvalue weighted by Gasteiger charge is -2.42. The van der Waals surface area contributed by atoms with Crippen LogP contribution in [0, 0.1) is 5.92 Å². The van der Waals surface area contributed by atoms with Crippen molar-refractivity contribution in [3.8, 4) is 0 Å². The SMILES string of the molecule is O=C(NC1CC1)[C@@H]1CCCN(C2CCN(C(=O)Cn3cccn3)CC2)C1. The van der Waals surface area contributed by atoms with Crippen LogP contribution in [-0.4, -0.2) is 69.7 Å². The van der Waals surface area contributed by atoms with Crippen molar-refractivity contribution in [3.63, 3.8) is 0 Å². The van der Waals surface area contributed by atoms with Gasteiger partial charge in [0.2, 0.25) is 11.8 Å². The van der Waals surface area contributed by atoms with Crippen LogP contribution in [0.5, 0.6) is 0 Å². The molecule has 1 atom stereocenters. The number of hydrogen-bond acceptors (Lipinski definition) is 4. The summed E-state index contributed by atoms with van der Waals surface area (Å²) < 4.78 is 1.68. The Kier molecular flexibility index (Phi) is 5.24. The minimum absolute atomic E-state index is 0.142. The molecule has 142 valence electrons. The first-order valence-corrected chi connectivity index (χ1v) is 9.98. The molecule has 3 heterocycles. The van der Waals surface area contributed by atoms with Crippen LogP contribution in [0.2, 0.25) is 0 Å². The number of likely N-dealkylation sites (tertiary alicyclic amines) is 2. The highest BCUT2D eigenvalue weighted by atomic mass is 16.2. The molecule has 0 aromatic carbocycles. The summed E-state index contributed by atoms with van der Waals surface area (Å²) in [5, 5.41) is 7.28. The average Bonchev–Trinajstić information content (AvgIpc) is 3.34. The minimum atomic E-state index is 0.142. The first-order valence-electron chi connectivity index (χ1n) is 9.98. The Balaban J connectivity index is 1.24. The van der Waals surface area contributed by atoms with Gasteiger partial charge in [-0.25, -0.2) is 0 Å². The summed E-state index contributed by atoms with van der Waals surface area (Å²) in [6, 6.07) is 2.79. The van der Waals surface area contributed by atoms with Crippen molar-refractivity contribution >= 4 is 11.8 Å². The summed E-state index contributed by atoms with van der Waals surface area (Å²) in [7, 11) is 0. The van der Waals surface area contributed by atoms with E-state index < -0.39 is 0 Å². The molecule has 3 aliphatic rings. The van der Waals surface area contributed by atoms with Crippen LogP contribution in [0.4, 0.5) is 0 Å². The summed E-state index contributed by atoms with van der Waals surface area (Å²) in [5.41, 5.74) is 0. The van der Waals surface area contributed by atoms with Crippen LogP contribution in [-0.2, 0) is 16.1 Å². The lowest BCUT2D eigenvalue weighted by atomic mass is 9.93. The van der Waals surface area contributed by atoms with Gasteiger partial charge in [0, 0.05) is 44.1 Å². The van der Waals surface area contributed by atoms with Crippen LogP contribution < -0.4 is 5.32 Å². The molecule has 1 aromatic heterocycles. The van der Waals surface area contributed by atoms with Gasteiger partial charge >= 0.3 is 0 Å². The molecule has 0 bridgehead atoms. The van der Waals surface area contributed by atoms with Crippen LogP contribution >= 0.6 is 0 Å². The molecule has 0 spiro atoms. The van der Waals surface area contributed by atoms with Gasteiger partial charge in [-0.1, -0.05) is 0 Å². The Hall–Kier alpha value is -1.89. The van der Waals surface area contributed by atoms with E-state index in [9.17, 15) is 9.59 Å². The van der Waals surface area contributed by atoms with E-state index in [1.165, 1.54) is 0 Å². The number of nitrogens with zero attached hydrogens (tertiary/aromatic N) is 4. The number of aromatic nitrogens is 2. The van der Waals surface area contributed by atoms with E-state index in [0.29, 0.717) is 18.6 Å². The molecule has 4 rings (SSSR count). The van der Waals surface area contributed by atoms with Crippen LogP contribution in [0.25, 0.3) is 0 Å². The van der Waals surface area contributed by atoms with Gasteiger partial charge in [0.05, 0.1) is 5.92 Å². The Morgan fingerprint density at radius 2 is 1.88 bits per heavy atom. The molecule has 1 aliphatic carbocycles. The molecule has 2 saturated heterocycles. The number of carbonyl (C=O) groups excluding carboxylic acids is 2. The molecule has 1 saturated carbocycles. The largest absolute Gasteiger partial charge is 0.353 e. The van der Waals surface area contributed by atoms with E-state index >= 15 is 0 Å². The van der Waals surface area contributed by atoms with Crippen LogP contribution in [0.1, 0.15) is 38.5 Å². The smallest absolute Gasteiger partial charge is 0.244 e. The third-order valence-corrected chi connectivity index (χ3v) is 5.94. The molecule has 3 fully saturated rings. The van der Waals surface area contributed by atoms with E-state index in [1.807, 2.05) is 17.2 Å². The third-order valence-electron chi connectivity index (χ3n) is 5.94. The molecule has 0 unspecified atom stereocenters. The van der Waals surface area contributed by atoms with Crippen LogP contribution in [0.3, 0.4) is 0 Å². The predicted molar refractivity (Wildman–Crippen MR) is 97.3 cm³/mol. The number of nitrogens with one attached hydrogen (secondary N) is 1. The number of hydrogen-bond donors (Lipinski definition) is 1. The standard InChI is InChI=1S/C19H29N5O2/c25-18(14-24-10-2-8-20-24)22-11-6-17(7-12-22)23-9-1-3-15(13-23)19(26)21-16-4-5-16/h2,8,10,15-17H,1,3-7,9,11-14H2,(H,21,26)/t15-/m1/s1. The summed E-state index contributed by atoms with van der Waals surface area (Å²) in [6.07, 6.45) is 9.93. The second-order valence-electron chi connectivity index (χ2n) is 7.93.